The summed E-state index contributed by atoms with van der Waals surface area (Å²) in [5, 5.41) is 0. The molecule has 3 aliphatic rings. The third-order valence-electron chi connectivity index (χ3n) is 7.37. The Morgan fingerprint density at radius 3 is 2.32 bits per heavy atom. The second-order valence-corrected chi connectivity index (χ2v) is 11.0. The smallest absolute Gasteiger partial charge is 0.326 e. The van der Waals surface area contributed by atoms with Gasteiger partial charge in [0.15, 0.2) is 0 Å². The molecule has 2 saturated carbocycles. The van der Waals surface area contributed by atoms with Crippen LogP contribution in [0.5, 0.6) is 0 Å². The summed E-state index contributed by atoms with van der Waals surface area (Å²) in [6, 6.07) is 10.6. The lowest BCUT2D eigenvalue weighted by atomic mass is 9.58. The molecule has 2 amide bonds. The lowest BCUT2D eigenvalue weighted by Gasteiger charge is -2.61. The Kier molecular flexibility index (Phi) is 5.57. The normalized spacial score (nSPS) is 28.8. The van der Waals surface area contributed by atoms with Crippen molar-refractivity contribution in [1.82, 2.24) is 14.7 Å². The summed E-state index contributed by atoms with van der Waals surface area (Å²) in [4.78, 5) is 32.1. The molecule has 31 heavy (non-hydrogen) atoms. The highest BCUT2D eigenvalue weighted by atomic mass is 16.6. The molecule has 6 heteroatoms. The quantitative estimate of drug-likeness (QED) is 0.647. The Hall–Kier alpha value is -2.08. The molecular weight excluding hydrogens is 390 g/mol. The molecule has 6 nitrogen and oxygen atoms in total. The van der Waals surface area contributed by atoms with E-state index in [1.807, 2.05) is 26.8 Å². The zero-order valence-corrected chi connectivity index (χ0v) is 19.7. The van der Waals surface area contributed by atoms with Crippen molar-refractivity contribution in [2.75, 3.05) is 33.7 Å². The van der Waals surface area contributed by atoms with Crippen molar-refractivity contribution in [3.05, 3.63) is 35.9 Å². The van der Waals surface area contributed by atoms with Gasteiger partial charge in [0.1, 0.15) is 12.1 Å². The van der Waals surface area contributed by atoms with Gasteiger partial charge in [0.05, 0.1) is 11.1 Å². The molecule has 3 fully saturated rings. The van der Waals surface area contributed by atoms with Crippen LogP contribution in [-0.2, 0) is 15.1 Å². The minimum atomic E-state index is -0.549. The number of hydrogen-bond acceptors (Lipinski definition) is 4. The van der Waals surface area contributed by atoms with E-state index in [0.29, 0.717) is 12.5 Å². The van der Waals surface area contributed by atoms with Crippen molar-refractivity contribution in [2.45, 2.75) is 69.6 Å². The predicted molar refractivity (Wildman–Crippen MR) is 121 cm³/mol. The number of urea groups is 1. The number of carbonyl (C=O) groups is 2. The van der Waals surface area contributed by atoms with Crippen molar-refractivity contribution >= 4 is 12.0 Å². The first-order chi connectivity index (χ1) is 14.5. The first-order valence-electron chi connectivity index (χ1n) is 11.6. The number of nitrogens with zero attached hydrogens (tertiary/aromatic N) is 3. The monoisotopic (exact) mass is 427 g/mol. The Labute approximate surface area is 186 Å². The molecule has 0 unspecified atom stereocenters. The van der Waals surface area contributed by atoms with E-state index in [-0.39, 0.29) is 29.6 Å². The minimum Gasteiger partial charge on any atom is -0.459 e. The Balaban J connectivity index is 1.56. The van der Waals surface area contributed by atoms with Crippen LogP contribution >= 0.6 is 0 Å². The van der Waals surface area contributed by atoms with Crippen LogP contribution in [0, 0.1) is 5.92 Å². The highest BCUT2D eigenvalue weighted by molar-refractivity contribution is 5.84. The molecule has 0 bridgehead atoms. The summed E-state index contributed by atoms with van der Waals surface area (Å²) in [6.45, 7) is 7.01. The second-order valence-electron chi connectivity index (χ2n) is 11.0. The first kappa shape index (κ1) is 22.1. The summed E-state index contributed by atoms with van der Waals surface area (Å²) in [5.74, 6) is 0.260. The van der Waals surface area contributed by atoms with Crippen molar-refractivity contribution in [1.29, 1.82) is 0 Å². The van der Waals surface area contributed by atoms with E-state index in [4.69, 9.17) is 4.74 Å². The zero-order valence-electron chi connectivity index (χ0n) is 19.7. The highest BCUT2D eigenvalue weighted by Gasteiger charge is 2.64. The van der Waals surface area contributed by atoms with Gasteiger partial charge in [0.2, 0.25) is 0 Å². The van der Waals surface area contributed by atoms with Crippen molar-refractivity contribution in [3.8, 4) is 0 Å². The molecule has 1 aromatic carbocycles. The van der Waals surface area contributed by atoms with Gasteiger partial charge in [0, 0.05) is 13.1 Å². The van der Waals surface area contributed by atoms with Gasteiger partial charge in [-0.3, -0.25) is 9.69 Å². The average Bonchev–Trinajstić information content (AvgIpc) is 2.87. The van der Waals surface area contributed by atoms with Crippen LogP contribution in [0.15, 0.2) is 30.3 Å². The summed E-state index contributed by atoms with van der Waals surface area (Å²) < 4.78 is 5.51. The van der Waals surface area contributed by atoms with Crippen molar-refractivity contribution < 1.29 is 14.3 Å². The topological polar surface area (TPSA) is 53.1 Å². The Morgan fingerprint density at radius 2 is 1.81 bits per heavy atom. The number of esters is 1. The fraction of sp³-hybridized carbons (Fsp3) is 0.680. The standard InChI is InChI=1S/C25H37N3O3/c1-23(2,3)31-21(29)15-27-18-24(28(22(27)30)14-19-10-9-11-19)16-25(17-24,26(4)5)20-12-7-6-8-13-20/h6-8,12-13,19H,9-11,14-18H2,1-5H3/t24-,25+. The van der Waals surface area contributed by atoms with Gasteiger partial charge >= 0.3 is 12.0 Å². The molecule has 4 rings (SSSR count). The molecule has 170 valence electrons. The maximum Gasteiger partial charge on any atom is 0.326 e. The van der Waals surface area contributed by atoms with Crippen molar-refractivity contribution in [3.63, 3.8) is 0 Å². The molecule has 0 radical (unpaired) electrons. The lowest BCUT2D eigenvalue weighted by molar-refractivity contribution is -0.155. The minimum absolute atomic E-state index is 0.00169. The summed E-state index contributed by atoms with van der Waals surface area (Å²) >= 11 is 0. The molecule has 1 heterocycles. The highest BCUT2D eigenvalue weighted by Crippen LogP contribution is 2.57. The molecule has 2 aliphatic carbocycles. The van der Waals surface area contributed by atoms with Gasteiger partial charge in [0.25, 0.3) is 0 Å². The van der Waals surface area contributed by atoms with Gasteiger partial charge in [-0.05, 0) is 72.0 Å². The van der Waals surface area contributed by atoms with E-state index < -0.39 is 5.60 Å². The molecule has 1 spiro atoms. The van der Waals surface area contributed by atoms with Gasteiger partial charge in [-0.25, -0.2) is 4.79 Å². The van der Waals surface area contributed by atoms with Crippen LogP contribution in [0.1, 0.15) is 58.4 Å². The first-order valence-corrected chi connectivity index (χ1v) is 11.6. The maximum atomic E-state index is 13.4. The number of rotatable bonds is 6. The second kappa shape index (κ2) is 7.80. The van der Waals surface area contributed by atoms with Gasteiger partial charge in [-0.1, -0.05) is 36.8 Å². The summed E-state index contributed by atoms with van der Waals surface area (Å²) in [7, 11) is 4.26. The Morgan fingerprint density at radius 1 is 1.16 bits per heavy atom. The number of benzene rings is 1. The molecule has 1 aromatic rings. The zero-order chi connectivity index (χ0) is 22.4. The number of carbonyl (C=O) groups excluding carboxylic acids is 2. The summed E-state index contributed by atoms with van der Waals surface area (Å²) in [5.41, 5.74) is 0.454. The Bertz CT molecular complexity index is 820. The lowest BCUT2D eigenvalue weighted by Crippen LogP contribution is -2.68. The number of hydrogen-bond donors (Lipinski definition) is 0. The van der Waals surface area contributed by atoms with E-state index in [0.717, 1.165) is 19.4 Å². The maximum absolute atomic E-state index is 13.4. The fourth-order valence-electron chi connectivity index (χ4n) is 5.61. The molecule has 1 saturated heterocycles. The molecule has 1 aliphatic heterocycles. The van der Waals surface area contributed by atoms with Gasteiger partial charge in [-0.15, -0.1) is 0 Å². The van der Waals surface area contributed by atoms with E-state index >= 15 is 0 Å². The molecule has 0 N–H and O–H groups in total. The van der Waals surface area contributed by atoms with Crippen LogP contribution < -0.4 is 0 Å². The van der Waals surface area contributed by atoms with Crippen LogP contribution in [0.25, 0.3) is 0 Å². The van der Waals surface area contributed by atoms with Crippen molar-refractivity contribution in [2.24, 2.45) is 5.92 Å². The van der Waals surface area contributed by atoms with E-state index in [9.17, 15) is 9.59 Å². The number of amides is 2. The van der Waals surface area contributed by atoms with E-state index in [2.05, 4.69) is 48.2 Å². The third kappa shape index (κ3) is 4.07. The summed E-state index contributed by atoms with van der Waals surface area (Å²) in [6.07, 6.45) is 5.43. The van der Waals surface area contributed by atoms with Crippen LogP contribution in [-0.4, -0.2) is 71.6 Å². The van der Waals surface area contributed by atoms with E-state index in [1.54, 1.807) is 4.90 Å². The number of ether oxygens (including phenoxy) is 1. The van der Waals surface area contributed by atoms with Crippen LogP contribution in [0.4, 0.5) is 4.79 Å². The van der Waals surface area contributed by atoms with Crippen LogP contribution in [0.2, 0.25) is 0 Å². The molecule has 0 aromatic heterocycles. The molecular formula is C25H37N3O3. The van der Waals surface area contributed by atoms with Crippen LogP contribution in [0.3, 0.4) is 0 Å². The predicted octanol–water partition coefficient (Wildman–Crippen LogP) is 3.86. The largest absolute Gasteiger partial charge is 0.459 e. The van der Waals surface area contributed by atoms with Gasteiger partial charge in [-0.2, -0.15) is 0 Å². The SMILES string of the molecule is CN(C)[C@]1(c2ccccc2)C[C@@]2(CN(CC(=O)OC(C)(C)C)C(=O)N2CC2CCC2)C1. The molecule has 0 atom stereocenters. The third-order valence-corrected chi connectivity index (χ3v) is 7.37. The van der Waals surface area contributed by atoms with Gasteiger partial charge < -0.3 is 14.5 Å². The fourth-order valence-corrected chi connectivity index (χ4v) is 5.61. The van der Waals surface area contributed by atoms with E-state index in [1.165, 1.54) is 24.8 Å². The average molecular weight is 428 g/mol.